The summed E-state index contributed by atoms with van der Waals surface area (Å²) in [6.07, 6.45) is 0. The van der Waals surface area contributed by atoms with Crippen molar-refractivity contribution < 1.29 is 0 Å². The maximum absolute atomic E-state index is 5.38. The number of pyridine rings is 1. The van der Waals surface area contributed by atoms with E-state index in [0.29, 0.717) is 5.82 Å². The highest BCUT2D eigenvalue weighted by molar-refractivity contribution is 6.22. The van der Waals surface area contributed by atoms with Gasteiger partial charge in [0.05, 0.1) is 72.4 Å². The molecule has 612 valence electrons. The molecular formula is C122H84N8. The van der Waals surface area contributed by atoms with Gasteiger partial charge in [-0.25, -0.2) is 15.0 Å². The molecule has 0 aliphatic heterocycles. The van der Waals surface area contributed by atoms with Gasteiger partial charge in [0.25, 0.3) is 0 Å². The fourth-order valence-corrected chi connectivity index (χ4v) is 20.3. The zero-order valence-corrected chi connectivity index (χ0v) is 71.6. The first-order valence-electron chi connectivity index (χ1n) is 44.5. The minimum absolute atomic E-state index is 0.112. The van der Waals surface area contributed by atoms with Crippen LogP contribution in [-0.2, 0) is 5.41 Å². The molecule has 130 heavy (non-hydrogen) atoms. The number of aromatic nitrogens is 8. The molecule has 7 aromatic heterocycles. The highest BCUT2D eigenvalue weighted by Crippen LogP contribution is 2.56. The van der Waals surface area contributed by atoms with Crippen molar-refractivity contribution in [1.82, 2.24) is 37.8 Å². The first kappa shape index (κ1) is 76.6. The van der Waals surface area contributed by atoms with E-state index in [9.17, 15) is 0 Å². The molecular weight excluding hydrogens is 1580 g/mol. The van der Waals surface area contributed by atoms with Crippen LogP contribution in [0.5, 0.6) is 0 Å². The summed E-state index contributed by atoms with van der Waals surface area (Å²) in [6.45, 7) is 4.78. The molecule has 8 nitrogen and oxygen atoms in total. The average Bonchev–Trinajstić information content (AvgIpc) is 1.54. The Morgan fingerprint density at radius 1 is 0.208 bits per heavy atom. The molecule has 25 aromatic rings. The molecule has 0 radical (unpaired) electrons. The van der Waals surface area contributed by atoms with Crippen molar-refractivity contribution in [2.75, 3.05) is 0 Å². The largest absolute Gasteiger partial charge is 0.309 e. The second-order valence-electron chi connectivity index (χ2n) is 34.2. The van der Waals surface area contributed by atoms with Crippen LogP contribution in [0.1, 0.15) is 25.0 Å². The number of benzene rings is 18. The van der Waals surface area contributed by atoms with Gasteiger partial charge in [0.1, 0.15) is 5.82 Å². The first-order valence-corrected chi connectivity index (χ1v) is 44.5. The lowest BCUT2D eigenvalue weighted by atomic mass is 9.81. The zero-order valence-electron chi connectivity index (χ0n) is 71.6. The van der Waals surface area contributed by atoms with E-state index in [4.69, 9.17) is 15.0 Å². The van der Waals surface area contributed by atoms with Crippen LogP contribution in [0.15, 0.2) is 473 Å². The summed E-state index contributed by atoms with van der Waals surface area (Å²) < 4.78 is 12.1. The number of hydrogen-bond donors (Lipinski definition) is 0. The number of nitrogens with zero attached hydrogens (tertiary/aromatic N) is 8. The Labute approximate surface area is 752 Å². The normalized spacial score (nSPS) is 12.1. The van der Waals surface area contributed by atoms with Gasteiger partial charge >= 0.3 is 0 Å². The summed E-state index contributed by atoms with van der Waals surface area (Å²) in [5.41, 5.74) is 34.7. The number of para-hydroxylation sites is 6. The molecule has 0 fully saturated rings. The molecule has 0 spiro atoms. The van der Waals surface area contributed by atoms with E-state index in [1.165, 1.54) is 137 Å². The van der Waals surface area contributed by atoms with Gasteiger partial charge in [-0.1, -0.05) is 378 Å². The van der Waals surface area contributed by atoms with Crippen LogP contribution in [0.3, 0.4) is 0 Å². The summed E-state index contributed by atoms with van der Waals surface area (Å²) in [4.78, 5) is 15.5. The fourth-order valence-electron chi connectivity index (χ4n) is 20.3. The van der Waals surface area contributed by atoms with Gasteiger partial charge in [-0.15, -0.1) is 0 Å². The predicted molar refractivity (Wildman–Crippen MR) is 543 cm³/mol. The van der Waals surface area contributed by atoms with Crippen molar-refractivity contribution in [3.05, 3.63) is 484 Å². The Kier molecular flexibility index (Phi) is 18.8. The summed E-state index contributed by atoms with van der Waals surface area (Å²) in [6, 6.07) is 169. The van der Waals surface area contributed by atoms with Crippen LogP contribution in [0.25, 0.3) is 216 Å². The molecule has 0 saturated carbocycles. The molecule has 0 atom stereocenters. The van der Waals surface area contributed by atoms with Gasteiger partial charge in [-0.05, 0) is 175 Å². The maximum atomic E-state index is 5.38. The van der Waals surface area contributed by atoms with Crippen molar-refractivity contribution in [3.63, 3.8) is 0 Å². The van der Waals surface area contributed by atoms with Crippen LogP contribution >= 0.6 is 0 Å². The molecule has 1 aliphatic rings. The monoisotopic (exact) mass is 1660 g/mol. The fraction of sp³-hybridized carbons (Fsp3) is 0.0246. The Hall–Kier alpha value is -17.1. The van der Waals surface area contributed by atoms with E-state index in [2.05, 4.69) is 473 Å². The first-order chi connectivity index (χ1) is 64.3. The highest BCUT2D eigenvalue weighted by Gasteiger charge is 2.41. The van der Waals surface area contributed by atoms with Crippen LogP contribution in [0, 0.1) is 0 Å². The number of rotatable bonds is 12. The summed E-state index contributed by atoms with van der Waals surface area (Å²) in [5, 5.41) is 11.2. The topological polar surface area (TPSA) is 63.3 Å². The number of fused-ring (bicyclic) bond motifs is 18. The van der Waals surface area contributed by atoms with E-state index >= 15 is 0 Å². The molecule has 18 aromatic carbocycles. The standard InChI is InChI=1S/C42H28N4.C41H27N3.C39H29N/c1-4-15-29(16-5-1)36-28-37(44-42(43-36)30-17-6-2-7-18-30)31-19-14-22-33(27-31)46-39-26-13-11-24-35(39)40-41(46)34-23-10-12-25-38(34)45(40)32-20-8-3-9-21-32;1-3-14-29(15-4-1)36-26-32(31-24-23-28-13-7-8-16-30(28)25-31)27-39(42-36)44-38-22-12-10-20-35(38)40-41(44)34-19-9-11-21-37(34)43(40)33-17-5-2-6-18-33;1-39(2)34-20-12-11-19-33(34)38-37(39)36-32-18-10-9-17-28(32)21-22-35(36)40(38)31-24-29(26-13-5-3-6-14-26)23-30(25-31)27-15-7-4-8-16-27/h1-28H;1-27H;3-25H,1-2H3. The van der Waals surface area contributed by atoms with E-state index in [-0.39, 0.29) is 5.41 Å². The Morgan fingerprint density at radius 3 is 1.14 bits per heavy atom. The van der Waals surface area contributed by atoms with Crippen LogP contribution in [0.2, 0.25) is 0 Å². The van der Waals surface area contributed by atoms with Crippen LogP contribution in [-0.4, -0.2) is 37.8 Å². The second kappa shape index (κ2) is 31.9. The highest BCUT2D eigenvalue weighted by atomic mass is 15.1. The van der Waals surface area contributed by atoms with Gasteiger partial charge in [-0.3, -0.25) is 4.57 Å². The van der Waals surface area contributed by atoms with Crippen molar-refractivity contribution >= 4 is 98.1 Å². The molecule has 0 amide bonds. The van der Waals surface area contributed by atoms with Gasteiger partial charge in [0, 0.05) is 82.9 Å². The lowest BCUT2D eigenvalue weighted by Crippen LogP contribution is -2.14. The predicted octanol–water partition coefficient (Wildman–Crippen LogP) is 31.6. The van der Waals surface area contributed by atoms with Crippen molar-refractivity contribution in [2.45, 2.75) is 19.3 Å². The quantitative estimate of drug-likeness (QED) is 0.122. The molecule has 8 heteroatoms. The molecule has 0 N–H and O–H groups in total. The summed E-state index contributed by atoms with van der Waals surface area (Å²) in [7, 11) is 0. The van der Waals surface area contributed by atoms with Crippen LogP contribution < -0.4 is 0 Å². The smallest absolute Gasteiger partial charge is 0.160 e. The van der Waals surface area contributed by atoms with Gasteiger partial charge in [-0.2, -0.15) is 0 Å². The SMILES string of the molecule is CC1(C)c2ccccc2-c2c1c1c3ccccc3ccc1n2-c1cc(-c2ccccc2)cc(-c2ccccc2)c1.c1ccc(-c2cc(-c3ccc4ccccc4c3)cc(-n3c4ccccc4c4c3c3ccccc3n4-c3ccccc3)n2)cc1.c1ccc(-c2cc(-c3cccc(-n4c5ccccc5c5c4c4ccccc4n5-c4ccccc4)c3)nc(-c3ccccc3)n2)cc1. The minimum atomic E-state index is -0.112. The number of hydrogen-bond acceptors (Lipinski definition) is 3. The zero-order chi connectivity index (χ0) is 86.3. The van der Waals surface area contributed by atoms with Gasteiger partial charge in [0.2, 0.25) is 0 Å². The van der Waals surface area contributed by atoms with Gasteiger partial charge in [0.15, 0.2) is 5.82 Å². The van der Waals surface area contributed by atoms with E-state index in [1.54, 1.807) is 0 Å². The second-order valence-corrected chi connectivity index (χ2v) is 34.2. The average molecular weight is 1660 g/mol. The Morgan fingerprint density at radius 2 is 0.592 bits per heavy atom. The minimum Gasteiger partial charge on any atom is -0.309 e. The van der Waals surface area contributed by atoms with Gasteiger partial charge < -0.3 is 18.3 Å². The summed E-state index contributed by atoms with van der Waals surface area (Å²) in [5.74, 6) is 1.61. The molecule has 7 heterocycles. The van der Waals surface area contributed by atoms with E-state index < -0.39 is 0 Å². The molecule has 0 unspecified atom stereocenters. The third-order valence-electron chi connectivity index (χ3n) is 26.1. The van der Waals surface area contributed by atoms with Crippen LogP contribution in [0.4, 0.5) is 0 Å². The molecule has 0 bridgehead atoms. The molecule has 1 aliphatic carbocycles. The van der Waals surface area contributed by atoms with E-state index in [0.717, 1.165) is 84.3 Å². The molecule has 26 rings (SSSR count). The third-order valence-corrected chi connectivity index (χ3v) is 26.1. The lowest BCUT2D eigenvalue weighted by Gasteiger charge is -2.21. The van der Waals surface area contributed by atoms with Crippen molar-refractivity contribution in [1.29, 1.82) is 0 Å². The Bertz CT molecular complexity index is 8530. The maximum Gasteiger partial charge on any atom is 0.160 e. The van der Waals surface area contributed by atoms with Crippen molar-refractivity contribution in [3.8, 4) is 118 Å². The van der Waals surface area contributed by atoms with E-state index in [1.807, 2.05) is 36.4 Å². The van der Waals surface area contributed by atoms with Crippen molar-refractivity contribution in [2.24, 2.45) is 0 Å². The lowest BCUT2D eigenvalue weighted by molar-refractivity contribution is 0.666. The molecule has 0 saturated heterocycles. The third kappa shape index (κ3) is 13.1. The summed E-state index contributed by atoms with van der Waals surface area (Å²) >= 11 is 0. The Balaban J connectivity index is 0.000000108.